The van der Waals surface area contributed by atoms with Crippen LogP contribution in [-0.2, 0) is 6.54 Å². The molecule has 0 fully saturated rings. The number of anilines is 1. The molecule has 0 atom stereocenters. The lowest BCUT2D eigenvalue weighted by atomic mass is 10.1. The van der Waals surface area contributed by atoms with E-state index in [1.165, 1.54) is 5.56 Å². The summed E-state index contributed by atoms with van der Waals surface area (Å²) in [6.07, 6.45) is 0. The Balaban J connectivity index is 2.25. The Morgan fingerprint density at radius 1 is 1.10 bits per heavy atom. The number of para-hydroxylation sites is 1. The third-order valence-corrected chi connectivity index (χ3v) is 3.67. The minimum absolute atomic E-state index is 0.549. The molecule has 3 aromatic rings. The average Bonchev–Trinajstić information content (AvgIpc) is 2.80. The Kier molecular flexibility index (Phi) is 3.42. The van der Waals surface area contributed by atoms with Crippen LogP contribution in [0.25, 0.3) is 22.4 Å². The molecule has 3 nitrogen and oxygen atoms in total. The number of aryl methyl sites for hydroxylation is 1. The number of rotatable bonds is 3. The molecule has 0 amide bonds. The minimum atomic E-state index is 0.549. The summed E-state index contributed by atoms with van der Waals surface area (Å²) in [6.45, 7) is 7.47. The Hall–Kier alpha value is -2.29. The van der Waals surface area contributed by atoms with Crippen LogP contribution >= 0.6 is 0 Å². The van der Waals surface area contributed by atoms with Crippen LogP contribution in [0.4, 0.5) is 5.69 Å². The molecule has 2 aromatic carbocycles. The summed E-state index contributed by atoms with van der Waals surface area (Å²) < 4.78 is 2.28. The van der Waals surface area contributed by atoms with Gasteiger partial charge in [0, 0.05) is 12.1 Å². The van der Waals surface area contributed by atoms with E-state index in [-0.39, 0.29) is 0 Å². The third kappa shape index (κ3) is 2.51. The molecule has 0 radical (unpaired) electrons. The molecule has 0 aliphatic carbocycles. The number of benzene rings is 2. The van der Waals surface area contributed by atoms with Crippen molar-refractivity contribution in [1.82, 2.24) is 9.55 Å². The summed E-state index contributed by atoms with van der Waals surface area (Å²) in [6, 6.07) is 14.5. The number of imidazole rings is 1. The van der Waals surface area contributed by atoms with Crippen molar-refractivity contribution >= 4 is 16.7 Å². The van der Waals surface area contributed by atoms with Crippen molar-refractivity contribution in [3.05, 3.63) is 48.0 Å². The molecule has 0 aliphatic heterocycles. The number of aromatic nitrogens is 2. The van der Waals surface area contributed by atoms with Crippen LogP contribution in [0.3, 0.4) is 0 Å². The van der Waals surface area contributed by atoms with Gasteiger partial charge in [0.2, 0.25) is 0 Å². The first kappa shape index (κ1) is 13.7. The average molecular weight is 279 g/mol. The Bertz CT molecular complexity index is 767. The highest BCUT2D eigenvalue weighted by atomic mass is 15.1. The Labute approximate surface area is 125 Å². The van der Waals surface area contributed by atoms with E-state index in [9.17, 15) is 0 Å². The first-order valence-electron chi connectivity index (χ1n) is 7.38. The van der Waals surface area contributed by atoms with E-state index in [0.29, 0.717) is 5.92 Å². The number of nitrogen functional groups attached to an aromatic ring is 1. The van der Waals surface area contributed by atoms with Gasteiger partial charge in [0.25, 0.3) is 0 Å². The predicted molar refractivity (Wildman–Crippen MR) is 89.2 cm³/mol. The van der Waals surface area contributed by atoms with Gasteiger partial charge in [-0.3, -0.25) is 0 Å². The van der Waals surface area contributed by atoms with Gasteiger partial charge in [-0.05, 0) is 25.0 Å². The quantitative estimate of drug-likeness (QED) is 0.728. The molecular formula is C18H21N3. The minimum Gasteiger partial charge on any atom is -0.397 e. The highest BCUT2D eigenvalue weighted by Gasteiger charge is 2.14. The van der Waals surface area contributed by atoms with Crippen molar-refractivity contribution in [3.63, 3.8) is 0 Å². The summed E-state index contributed by atoms with van der Waals surface area (Å²) in [7, 11) is 0. The van der Waals surface area contributed by atoms with Gasteiger partial charge in [-0.15, -0.1) is 0 Å². The van der Waals surface area contributed by atoms with E-state index >= 15 is 0 Å². The van der Waals surface area contributed by atoms with Crippen LogP contribution < -0.4 is 5.73 Å². The maximum absolute atomic E-state index is 6.10. The molecule has 2 N–H and O–H groups in total. The van der Waals surface area contributed by atoms with Gasteiger partial charge in [-0.25, -0.2) is 4.98 Å². The molecule has 0 unspecified atom stereocenters. The van der Waals surface area contributed by atoms with E-state index in [4.69, 9.17) is 10.7 Å². The van der Waals surface area contributed by atoms with Crippen molar-refractivity contribution < 1.29 is 0 Å². The van der Waals surface area contributed by atoms with E-state index in [2.05, 4.69) is 55.7 Å². The fourth-order valence-corrected chi connectivity index (χ4v) is 2.64. The van der Waals surface area contributed by atoms with Gasteiger partial charge in [0.15, 0.2) is 0 Å². The van der Waals surface area contributed by atoms with E-state index in [1.54, 1.807) is 0 Å². The van der Waals surface area contributed by atoms with E-state index < -0.39 is 0 Å². The van der Waals surface area contributed by atoms with Crippen molar-refractivity contribution in [3.8, 4) is 11.4 Å². The molecule has 0 spiro atoms. The molecule has 0 saturated carbocycles. The number of hydrogen-bond acceptors (Lipinski definition) is 2. The van der Waals surface area contributed by atoms with Gasteiger partial charge in [-0.2, -0.15) is 0 Å². The maximum Gasteiger partial charge on any atom is 0.141 e. The first-order chi connectivity index (χ1) is 10.1. The second-order valence-electron chi connectivity index (χ2n) is 6.02. The monoisotopic (exact) mass is 279 g/mol. The third-order valence-electron chi connectivity index (χ3n) is 3.67. The molecule has 0 aliphatic rings. The van der Waals surface area contributed by atoms with Crippen LogP contribution in [0, 0.1) is 12.8 Å². The molecule has 3 heteroatoms. The van der Waals surface area contributed by atoms with Crippen molar-refractivity contribution in [2.24, 2.45) is 5.92 Å². The lowest BCUT2D eigenvalue weighted by Gasteiger charge is -2.12. The number of nitrogens with two attached hydrogens (primary N) is 1. The predicted octanol–water partition coefficient (Wildman–Crippen LogP) is 4.25. The fraction of sp³-hybridized carbons (Fsp3) is 0.278. The SMILES string of the molecule is Cc1ccc(-c2nc3c(N)cccc3n2CC(C)C)cc1. The second-order valence-corrected chi connectivity index (χ2v) is 6.02. The molecule has 0 saturated heterocycles. The number of fused-ring (bicyclic) bond motifs is 1. The van der Waals surface area contributed by atoms with Crippen molar-refractivity contribution in [1.29, 1.82) is 0 Å². The lowest BCUT2D eigenvalue weighted by Crippen LogP contribution is -2.06. The summed E-state index contributed by atoms with van der Waals surface area (Å²) in [5.41, 5.74) is 11.2. The van der Waals surface area contributed by atoms with Crippen molar-refractivity contribution in [2.75, 3.05) is 5.73 Å². The summed E-state index contributed by atoms with van der Waals surface area (Å²) >= 11 is 0. The summed E-state index contributed by atoms with van der Waals surface area (Å²) in [5.74, 6) is 1.55. The number of hydrogen-bond donors (Lipinski definition) is 1. The summed E-state index contributed by atoms with van der Waals surface area (Å²) in [4.78, 5) is 4.80. The Morgan fingerprint density at radius 3 is 2.48 bits per heavy atom. The first-order valence-corrected chi connectivity index (χ1v) is 7.38. The zero-order valence-electron chi connectivity index (χ0n) is 12.8. The lowest BCUT2D eigenvalue weighted by molar-refractivity contribution is 0.536. The van der Waals surface area contributed by atoms with Crippen LogP contribution in [-0.4, -0.2) is 9.55 Å². The van der Waals surface area contributed by atoms with Gasteiger partial charge in [-0.1, -0.05) is 49.7 Å². The second kappa shape index (κ2) is 5.24. The molecule has 3 rings (SSSR count). The molecule has 108 valence electrons. The maximum atomic E-state index is 6.10. The fourth-order valence-electron chi connectivity index (χ4n) is 2.64. The van der Waals surface area contributed by atoms with E-state index in [1.807, 2.05) is 12.1 Å². The molecular weight excluding hydrogens is 258 g/mol. The van der Waals surface area contributed by atoms with Crippen LogP contribution in [0.2, 0.25) is 0 Å². The smallest absolute Gasteiger partial charge is 0.141 e. The largest absolute Gasteiger partial charge is 0.397 e. The number of nitrogens with zero attached hydrogens (tertiary/aromatic N) is 2. The van der Waals surface area contributed by atoms with Gasteiger partial charge in [0.1, 0.15) is 11.3 Å². The highest BCUT2D eigenvalue weighted by Crippen LogP contribution is 2.28. The highest BCUT2D eigenvalue weighted by molar-refractivity contribution is 5.90. The van der Waals surface area contributed by atoms with Gasteiger partial charge < -0.3 is 10.3 Å². The molecule has 0 bridgehead atoms. The summed E-state index contributed by atoms with van der Waals surface area (Å²) in [5, 5.41) is 0. The topological polar surface area (TPSA) is 43.8 Å². The molecule has 1 aromatic heterocycles. The standard InChI is InChI=1S/C18H21N3/c1-12(2)11-21-16-6-4-5-15(19)17(16)20-18(21)14-9-7-13(3)8-10-14/h4-10,12H,11,19H2,1-3H3. The Morgan fingerprint density at radius 2 is 1.81 bits per heavy atom. The van der Waals surface area contributed by atoms with Crippen LogP contribution in [0.1, 0.15) is 19.4 Å². The zero-order valence-corrected chi connectivity index (χ0v) is 12.8. The van der Waals surface area contributed by atoms with Crippen LogP contribution in [0.15, 0.2) is 42.5 Å². The zero-order chi connectivity index (χ0) is 15.0. The van der Waals surface area contributed by atoms with Gasteiger partial charge >= 0.3 is 0 Å². The normalized spacial score (nSPS) is 11.4. The van der Waals surface area contributed by atoms with Crippen LogP contribution in [0.5, 0.6) is 0 Å². The van der Waals surface area contributed by atoms with E-state index in [0.717, 1.165) is 34.7 Å². The van der Waals surface area contributed by atoms with Crippen molar-refractivity contribution in [2.45, 2.75) is 27.3 Å². The molecule has 1 heterocycles. The molecule has 21 heavy (non-hydrogen) atoms. The van der Waals surface area contributed by atoms with Gasteiger partial charge in [0.05, 0.1) is 11.2 Å².